The summed E-state index contributed by atoms with van der Waals surface area (Å²) in [5.41, 5.74) is 0.787. The van der Waals surface area contributed by atoms with Gasteiger partial charge in [-0.2, -0.15) is 5.26 Å². The summed E-state index contributed by atoms with van der Waals surface area (Å²) in [5, 5.41) is 8.73. The number of carbonyl (C=O) groups excluding carboxylic acids is 1. The van der Waals surface area contributed by atoms with Crippen LogP contribution in [0.2, 0.25) is 0 Å². The number of methoxy groups -OCH3 is 1. The molecule has 0 saturated carbocycles. The highest BCUT2D eigenvalue weighted by Crippen LogP contribution is 2.17. The summed E-state index contributed by atoms with van der Waals surface area (Å²) < 4.78 is 4.93. The summed E-state index contributed by atoms with van der Waals surface area (Å²) in [7, 11) is 1.52. The van der Waals surface area contributed by atoms with E-state index in [4.69, 9.17) is 10.00 Å². The normalized spacial score (nSPS) is 9.00. The Morgan fingerprint density at radius 1 is 1.54 bits per heavy atom. The van der Waals surface area contributed by atoms with E-state index in [1.807, 2.05) is 6.07 Å². The van der Waals surface area contributed by atoms with Gasteiger partial charge in [-0.05, 0) is 25.1 Å². The van der Waals surface area contributed by atoms with Crippen molar-refractivity contribution in [2.24, 2.45) is 0 Å². The van der Waals surface area contributed by atoms with Crippen LogP contribution in [0.15, 0.2) is 18.2 Å². The molecule has 3 heteroatoms. The maximum atomic E-state index is 11.0. The van der Waals surface area contributed by atoms with Crippen molar-refractivity contribution in [3.8, 4) is 11.8 Å². The highest BCUT2D eigenvalue weighted by molar-refractivity contribution is 5.96. The second-order valence-corrected chi connectivity index (χ2v) is 2.58. The fraction of sp³-hybridized carbons (Fsp3) is 0.200. The Morgan fingerprint density at radius 3 is 2.69 bits per heavy atom. The molecule has 0 spiro atoms. The molecule has 0 aliphatic rings. The molecule has 0 atom stereocenters. The van der Waals surface area contributed by atoms with Gasteiger partial charge >= 0.3 is 0 Å². The summed E-state index contributed by atoms with van der Waals surface area (Å²) in [6, 6.07) is 6.76. The standard InChI is InChI=1S/C10H9NO2/c1-7(12)10-4-3-9(13-2)5-8(10)6-11/h3-5H,1-2H3. The van der Waals surface area contributed by atoms with E-state index in [2.05, 4.69) is 0 Å². The average Bonchev–Trinajstić information content (AvgIpc) is 2.16. The molecule has 66 valence electrons. The smallest absolute Gasteiger partial charge is 0.161 e. The highest BCUT2D eigenvalue weighted by Gasteiger charge is 2.07. The number of Topliss-reactive ketones (excluding diaryl/α,β-unsaturated/α-hetero) is 1. The topological polar surface area (TPSA) is 50.1 Å². The molecule has 1 rings (SSSR count). The van der Waals surface area contributed by atoms with Crippen molar-refractivity contribution >= 4 is 5.78 Å². The zero-order valence-corrected chi connectivity index (χ0v) is 7.50. The minimum Gasteiger partial charge on any atom is -0.497 e. The maximum absolute atomic E-state index is 11.0. The lowest BCUT2D eigenvalue weighted by Crippen LogP contribution is -1.97. The van der Waals surface area contributed by atoms with Crippen molar-refractivity contribution in [3.05, 3.63) is 29.3 Å². The van der Waals surface area contributed by atoms with Crippen LogP contribution in [0.25, 0.3) is 0 Å². The van der Waals surface area contributed by atoms with Gasteiger partial charge in [-0.3, -0.25) is 4.79 Å². The van der Waals surface area contributed by atoms with Crippen LogP contribution in [0, 0.1) is 11.3 Å². The third-order valence-electron chi connectivity index (χ3n) is 1.73. The Labute approximate surface area is 76.6 Å². The van der Waals surface area contributed by atoms with Gasteiger partial charge in [-0.1, -0.05) is 0 Å². The van der Waals surface area contributed by atoms with Gasteiger partial charge in [0.2, 0.25) is 0 Å². The predicted molar refractivity (Wildman–Crippen MR) is 47.7 cm³/mol. The van der Waals surface area contributed by atoms with Gasteiger partial charge in [0.1, 0.15) is 11.8 Å². The van der Waals surface area contributed by atoms with Crippen molar-refractivity contribution in [2.45, 2.75) is 6.92 Å². The fourth-order valence-electron chi connectivity index (χ4n) is 1.05. The first-order chi connectivity index (χ1) is 6.19. The summed E-state index contributed by atoms with van der Waals surface area (Å²) in [6.07, 6.45) is 0. The number of ether oxygens (including phenoxy) is 1. The lowest BCUT2D eigenvalue weighted by atomic mass is 10.1. The van der Waals surface area contributed by atoms with Crippen LogP contribution in [0.4, 0.5) is 0 Å². The second-order valence-electron chi connectivity index (χ2n) is 2.58. The van der Waals surface area contributed by atoms with Crippen LogP contribution in [0.3, 0.4) is 0 Å². The number of hydrogen-bond acceptors (Lipinski definition) is 3. The van der Waals surface area contributed by atoms with Crippen molar-refractivity contribution < 1.29 is 9.53 Å². The zero-order valence-electron chi connectivity index (χ0n) is 7.50. The molecule has 0 radical (unpaired) electrons. The molecule has 1 aromatic carbocycles. The summed E-state index contributed by atoms with van der Waals surface area (Å²) in [6.45, 7) is 1.43. The molecule has 13 heavy (non-hydrogen) atoms. The average molecular weight is 175 g/mol. The van der Waals surface area contributed by atoms with Crippen LogP contribution >= 0.6 is 0 Å². The number of rotatable bonds is 2. The van der Waals surface area contributed by atoms with Crippen molar-refractivity contribution in [2.75, 3.05) is 7.11 Å². The van der Waals surface area contributed by atoms with Gasteiger partial charge in [0.25, 0.3) is 0 Å². The third kappa shape index (κ3) is 1.85. The van der Waals surface area contributed by atoms with E-state index in [0.29, 0.717) is 16.9 Å². The lowest BCUT2D eigenvalue weighted by Gasteiger charge is -2.02. The van der Waals surface area contributed by atoms with E-state index in [-0.39, 0.29) is 5.78 Å². The number of carbonyl (C=O) groups is 1. The van der Waals surface area contributed by atoms with Crippen LogP contribution in [-0.4, -0.2) is 12.9 Å². The molecule has 0 bridgehead atoms. The van der Waals surface area contributed by atoms with Crippen molar-refractivity contribution in [3.63, 3.8) is 0 Å². The van der Waals surface area contributed by atoms with E-state index in [1.54, 1.807) is 18.2 Å². The lowest BCUT2D eigenvalue weighted by molar-refractivity contribution is 0.101. The summed E-state index contributed by atoms with van der Waals surface area (Å²) >= 11 is 0. The highest BCUT2D eigenvalue weighted by atomic mass is 16.5. The Kier molecular flexibility index (Phi) is 2.65. The molecule has 0 heterocycles. The monoisotopic (exact) mass is 175 g/mol. The van der Waals surface area contributed by atoms with Gasteiger partial charge in [0.15, 0.2) is 5.78 Å². The Balaban J connectivity index is 3.26. The molecule has 0 aliphatic carbocycles. The number of hydrogen-bond donors (Lipinski definition) is 0. The molecular weight excluding hydrogens is 166 g/mol. The summed E-state index contributed by atoms with van der Waals surface area (Å²) in [5.74, 6) is 0.473. The molecule has 0 unspecified atom stereocenters. The first-order valence-electron chi connectivity index (χ1n) is 3.78. The molecule has 0 aromatic heterocycles. The Hall–Kier alpha value is -1.82. The number of nitriles is 1. The van der Waals surface area contributed by atoms with Crippen LogP contribution < -0.4 is 4.74 Å². The van der Waals surface area contributed by atoms with Gasteiger partial charge in [0, 0.05) is 5.56 Å². The largest absolute Gasteiger partial charge is 0.497 e. The Bertz CT molecular complexity index is 377. The van der Waals surface area contributed by atoms with Gasteiger partial charge < -0.3 is 4.74 Å². The zero-order chi connectivity index (χ0) is 9.84. The van der Waals surface area contributed by atoms with Crippen LogP contribution in [-0.2, 0) is 0 Å². The molecule has 0 N–H and O–H groups in total. The van der Waals surface area contributed by atoms with Gasteiger partial charge in [0.05, 0.1) is 12.7 Å². The van der Waals surface area contributed by atoms with Crippen LogP contribution in [0.5, 0.6) is 5.75 Å². The van der Waals surface area contributed by atoms with Crippen LogP contribution in [0.1, 0.15) is 22.8 Å². The quantitative estimate of drug-likeness (QED) is 0.643. The van der Waals surface area contributed by atoms with E-state index in [9.17, 15) is 4.79 Å². The molecule has 0 amide bonds. The second kappa shape index (κ2) is 3.72. The molecule has 0 aliphatic heterocycles. The minimum atomic E-state index is -0.112. The van der Waals surface area contributed by atoms with E-state index >= 15 is 0 Å². The molecule has 0 saturated heterocycles. The summed E-state index contributed by atoms with van der Waals surface area (Å²) in [4.78, 5) is 11.0. The number of ketones is 1. The van der Waals surface area contributed by atoms with Gasteiger partial charge in [-0.15, -0.1) is 0 Å². The van der Waals surface area contributed by atoms with Crippen molar-refractivity contribution in [1.82, 2.24) is 0 Å². The first kappa shape index (κ1) is 9.27. The van der Waals surface area contributed by atoms with Crippen molar-refractivity contribution in [1.29, 1.82) is 5.26 Å². The molecule has 1 aromatic rings. The number of benzene rings is 1. The van der Waals surface area contributed by atoms with Gasteiger partial charge in [-0.25, -0.2) is 0 Å². The Morgan fingerprint density at radius 2 is 2.23 bits per heavy atom. The van der Waals surface area contributed by atoms with E-state index in [1.165, 1.54) is 14.0 Å². The minimum absolute atomic E-state index is 0.112. The predicted octanol–water partition coefficient (Wildman–Crippen LogP) is 1.77. The molecular formula is C10H9NO2. The molecule has 0 fully saturated rings. The van der Waals surface area contributed by atoms with E-state index < -0.39 is 0 Å². The van der Waals surface area contributed by atoms with E-state index in [0.717, 1.165) is 0 Å². The molecule has 3 nitrogen and oxygen atoms in total. The third-order valence-corrected chi connectivity index (χ3v) is 1.73. The fourth-order valence-corrected chi connectivity index (χ4v) is 1.05. The maximum Gasteiger partial charge on any atom is 0.161 e. The first-order valence-corrected chi connectivity index (χ1v) is 3.78. The SMILES string of the molecule is COc1ccc(C(C)=O)c(C#N)c1. The number of nitrogens with zero attached hydrogens (tertiary/aromatic N) is 1.